The van der Waals surface area contributed by atoms with Crippen LogP contribution in [0.2, 0.25) is 0 Å². The van der Waals surface area contributed by atoms with Crippen molar-refractivity contribution in [2.24, 2.45) is 0 Å². The van der Waals surface area contributed by atoms with Gasteiger partial charge in [-0.1, -0.05) is 24.3 Å². The largest absolute Gasteiger partial charge is 0.342 e. The summed E-state index contributed by atoms with van der Waals surface area (Å²) in [6.07, 6.45) is 2.26. The van der Waals surface area contributed by atoms with Crippen LogP contribution in [0.5, 0.6) is 0 Å². The number of rotatable bonds is 6. The molecule has 2 amide bonds. The van der Waals surface area contributed by atoms with Crippen molar-refractivity contribution < 1.29 is 14.5 Å². The zero-order valence-corrected chi connectivity index (χ0v) is 16.1. The van der Waals surface area contributed by atoms with Gasteiger partial charge in [-0.15, -0.1) is 11.3 Å². The van der Waals surface area contributed by atoms with E-state index in [4.69, 9.17) is 0 Å². The molecule has 5 nitrogen and oxygen atoms in total. The molecule has 6 heteroatoms. The molecule has 0 radical (unpaired) electrons. The summed E-state index contributed by atoms with van der Waals surface area (Å²) < 4.78 is 0. The van der Waals surface area contributed by atoms with Gasteiger partial charge in [0.15, 0.2) is 6.54 Å². The summed E-state index contributed by atoms with van der Waals surface area (Å²) in [6, 6.07) is 10.5. The van der Waals surface area contributed by atoms with Crippen LogP contribution in [0.3, 0.4) is 0 Å². The van der Waals surface area contributed by atoms with Crippen LogP contribution in [0.25, 0.3) is 0 Å². The summed E-state index contributed by atoms with van der Waals surface area (Å²) >= 11 is 1.76. The van der Waals surface area contributed by atoms with Gasteiger partial charge in [0.25, 0.3) is 5.91 Å². The summed E-state index contributed by atoms with van der Waals surface area (Å²) in [6.45, 7) is 5.35. The van der Waals surface area contributed by atoms with Crippen LogP contribution in [-0.2, 0) is 9.59 Å². The Morgan fingerprint density at radius 1 is 1.15 bits per heavy atom. The maximum atomic E-state index is 12.3. The molecule has 0 bridgehead atoms. The molecule has 0 spiro atoms. The van der Waals surface area contributed by atoms with E-state index in [0.717, 1.165) is 36.2 Å². The van der Waals surface area contributed by atoms with Crippen LogP contribution in [0.4, 0.5) is 5.69 Å². The minimum absolute atomic E-state index is 0.00353. The molecule has 2 heterocycles. The van der Waals surface area contributed by atoms with Crippen molar-refractivity contribution in [2.45, 2.75) is 32.7 Å². The molecule has 1 fully saturated rings. The standard InChI is InChI=1S/C20H25N3O2S/c1-14-6-3-7-15(2)20(14)22-18(24)12-21-19(25)13-23-10-4-8-16(23)17-9-5-11-26-17/h3,5-7,9,11,16H,4,8,10,12-13H2,1-2H3,(H,21,25)(H,22,24)/p+1/t16-/m0/s1. The van der Waals surface area contributed by atoms with E-state index in [2.05, 4.69) is 28.1 Å². The van der Waals surface area contributed by atoms with E-state index >= 15 is 0 Å². The fourth-order valence-corrected chi connectivity index (χ4v) is 4.52. The zero-order valence-electron chi connectivity index (χ0n) is 15.3. The maximum absolute atomic E-state index is 12.3. The number of aryl methyl sites for hydroxylation is 2. The Kier molecular flexibility index (Phi) is 6.06. The lowest BCUT2D eigenvalue weighted by atomic mass is 10.1. The van der Waals surface area contributed by atoms with Gasteiger partial charge in [0.1, 0.15) is 6.04 Å². The first-order valence-corrected chi connectivity index (χ1v) is 9.93. The number of quaternary nitrogens is 1. The average Bonchev–Trinajstić information content (AvgIpc) is 3.27. The number of likely N-dealkylation sites (tertiary alicyclic amines) is 1. The summed E-state index contributed by atoms with van der Waals surface area (Å²) in [5, 5.41) is 7.75. The first-order valence-electron chi connectivity index (χ1n) is 9.05. The van der Waals surface area contributed by atoms with E-state index in [1.807, 2.05) is 32.0 Å². The second kappa shape index (κ2) is 8.47. The van der Waals surface area contributed by atoms with Crippen LogP contribution in [0.15, 0.2) is 35.7 Å². The Morgan fingerprint density at radius 3 is 2.62 bits per heavy atom. The third kappa shape index (κ3) is 4.51. The summed E-state index contributed by atoms with van der Waals surface area (Å²) in [7, 11) is 0. The molecule has 0 saturated carbocycles. The summed E-state index contributed by atoms with van der Waals surface area (Å²) in [5.41, 5.74) is 2.87. The van der Waals surface area contributed by atoms with Crippen molar-refractivity contribution >= 4 is 28.8 Å². The van der Waals surface area contributed by atoms with E-state index in [0.29, 0.717) is 12.6 Å². The van der Waals surface area contributed by atoms with Crippen molar-refractivity contribution in [3.05, 3.63) is 51.7 Å². The molecule has 1 aromatic heterocycles. The minimum atomic E-state index is -0.193. The lowest BCUT2D eigenvalue weighted by Crippen LogP contribution is -3.11. The molecular formula is C20H26N3O2S+. The fourth-order valence-electron chi connectivity index (χ4n) is 3.60. The SMILES string of the molecule is Cc1cccc(C)c1NC(=O)CNC(=O)C[NH+]1CCC[C@H]1c1cccs1. The van der Waals surface area contributed by atoms with E-state index in [-0.39, 0.29) is 18.4 Å². The number of carbonyl (C=O) groups excluding carboxylic acids is 2. The minimum Gasteiger partial charge on any atom is -0.342 e. The number of para-hydroxylation sites is 1. The van der Waals surface area contributed by atoms with Crippen molar-refractivity contribution in [1.29, 1.82) is 0 Å². The molecule has 1 saturated heterocycles. The highest BCUT2D eigenvalue weighted by atomic mass is 32.1. The van der Waals surface area contributed by atoms with Gasteiger partial charge in [-0.2, -0.15) is 0 Å². The van der Waals surface area contributed by atoms with Crippen LogP contribution in [0, 0.1) is 13.8 Å². The zero-order chi connectivity index (χ0) is 18.5. The Bertz CT molecular complexity index is 753. The smallest absolute Gasteiger partial charge is 0.275 e. The monoisotopic (exact) mass is 372 g/mol. The molecule has 0 aliphatic carbocycles. The van der Waals surface area contributed by atoms with Gasteiger partial charge in [0, 0.05) is 18.5 Å². The highest BCUT2D eigenvalue weighted by molar-refractivity contribution is 7.10. The van der Waals surface area contributed by atoms with Crippen molar-refractivity contribution in [3.8, 4) is 0 Å². The molecule has 1 aliphatic rings. The number of nitrogens with one attached hydrogen (secondary N) is 3. The van der Waals surface area contributed by atoms with Crippen molar-refractivity contribution in [2.75, 3.05) is 25.0 Å². The predicted molar refractivity (Wildman–Crippen MR) is 105 cm³/mol. The first kappa shape index (κ1) is 18.6. The van der Waals surface area contributed by atoms with Gasteiger partial charge in [0.05, 0.1) is 18.0 Å². The summed E-state index contributed by atoms with van der Waals surface area (Å²) in [5.74, 6) is -0.262. The van der Waals surface area contributed by atoms with Crippen LogP contribution >= 0.6 is 11.3 Å². The number of anilines is 1. The van der Waals surface area contributed by atoms with Gasteiger partial charge in [0.2, 0.25) is 5.91 Å². The lowest BCUT2D eigenvalue weighted by Gasteiger charge is -2.20. The number of carbonyl (C=O) groups is 2. The number of hydrogen-bond donors (Lipinski definition) is 3. The molecular weight excluding hydrogens is 346 g/mol. The van der Waals surface area contributed by atoms with Crippen LogP contribution in [-0.4, -0.2) is 31.4 Å². The Hall–Kier alpha value is -2.18. The molecule has 2 atom stereocenters. The van der Waals surface area contributed by atoms with E-state index in [1.165, 1.54) is 9.78 Å². The molecule has 1 aliphatic heterocycles. The number of thiophene rings is 1. The Labute approximate surface area is 158 Å². The molecule has 3 N–H and O–H groups in total. The second-order valence-electron chi connectivity index (χ2n) is 6.89. The number of amides is 2. The quantitative estimate of drug-likeness (QED) is 0.725. The van der Waals surface area contributed by atoms with Gasteiger partial charge in [-0.25, -0.2) is 0 Å². The molecule has 1 aromatic carbocycles. The van der Waals surface area contributed by atoms with Crippen molar-refractivity contribution in [3.63, 3.8) is 0 Å². The first-order chi connectivity index (χ1) is 12.5. The van der Waals surface area contributed by atoms with E-state index < -0.39 is 0 Å². The molecule has 138 valence electrons. The molecule has 26 heavy (non-hydrogen) atoms. The van der Waals surface area contributed by atoms with E-state index in [1.54, 1.807) is 11.3 Å². The predicted octanol–water partition coefficient (Wildman–Crippen LogP) is 1.84. The third-order valence-corrected chi connectivity index (χ3v) is 5.94. The normalized spacial score (nSPS) is 19.3. The summed E-state index contributed by atoms with van der Waals surface area (Å²) in [4.78, 5) is 27.1. The second-order valence-corrected chi connectivity index (χ2v) is 7.87. The van der Waals surface area contributed by atoms with Gasteiger partial charge in [-0.05, 0) is 36.4 Å². The molecule has 3 rings (SSSR count). The third-order valence-electron chi connectivity index (χ3n) is 4.95. The maximum Gasteiger partial charge on any atom is 0.275 e. The highest BCUT2D eigenvalue weighted by Crippen LogP contribution is 2.23. The lowest BCUT2D eigenvalue weighted by molar-refractivity contribution is -0.910. The van der Waals surface area contributed by atoms with E-state index in [9.17, 15) is 9.59 Å². The average molecular weight is 373 g/mol. The van der Waals surface area contributed by atoms with Gasteiger partial charge in [-0.3, -0.25) is 9.59 Å². The van der Waals surface area contributed by atoms with Gasteiger partial charge < -0.3 is 15.5 Å². The number of benzene rings is 1. The molecule has 1 unspecified atom stereocenters. The molecule has 2 aromatic rings. The van der Waals surface area contributed by atoms with Crippen LogP contribution < -0.4 is 15.5 Å². The Morgan fingerprint density at radius 2 is 1.92 bits per heavy atom. The van der Waals surface area contributed by atoms with Gasteiger partial charge >= 0.3 is 0 Å². The van der Waals surface area contributed by atoms with Crippen LogP contribution in [0.1, 0.15) is 34.9 Å². The topological polar surface area (TPSA) is 62.6 Å². The van der Waals surface area contributed by atoms with Crippen molar-refractivity contribution in [1.82, 2.24) is 5.32 Å². The number of hydrogen-bond acceptors (Lipinski definition) is 3. The fraction of sp³-hybridized carbons (Fsp3) is 0.400. The highest BCUT2D eigenvalue weighted by Gasteiger charge is 2.32. The Balaban J connectivity index is 1.49.